The number of carbonyl (C=O) groups is 3. The van der Waals surface area contributed by atoms with Crippen LogP contribution in [0, 0.1) is 11.8 Å². The molecule has 0 radical (unpaired) electrons. The summed E-state index contributed by atoms with van der Waals surface area (Å²) in [6.45, 7) is 10.1. The molecule has 0 rings (SSSR count). The van der Waals surface area contributed by atoms with Crippen molar-refractivity contribution in [2.75, 3.05) is 13.2 Å². The standard InChI is InChI=1S/C44H83ClO6/c1-5-9-13-23-31-39(29-11-7-3)37-49-42(46)35-27-21-17-15-19-25-33-41(51-44(45)48)34-26-20-16-18-22-28-36-43(47)50-38-40(30-12-8-4)32-24-14-10-6-2/h39-41H,5-38H2,1-4H3. The van der Waals surface area contributed by atoms with Gasteiger partial charge in [0.05, 0.1) is 13.2 Å². The number of hydrogen-bond donors (Lipinski definition) is 0. The molecule has 0 aromatic heterocycles. The van der Waals surface area contributed by atoms with E-state index in [1.807, 2.05) is 0 Å². The van der Waals surface area contributed by atoms with Crippen LogP contribution in [0.1, 0.15) is 233 Å². The first-order valence-electron chi connectivity index (χ1n) is 22.0. The van der Waals surface area contributed by atoms with E-state index in [0.29, 0.717) is 37.9 Å². The Balaban J connectivity index is 3.96. The second-order valence-electron chi connectivity index (χ2n) is 15.4. The zero-order valence-electron chi connectivity index (χ0n) is 34.1. The zero-order chi connectivity index (χ0) is 37.6. The van der Waals surface area contributed by atoms with E-state index in [-0.39, 0.29) is 18.0 Å². The lowest BCUT2D eigenvalue weighted by atomic mass is 9.96. The van der Waals surface area contributed by atoms with Gasteiger partial charge in [0.2, 0.25) is 0 Å². The number of unbranched alkanes of at least 4 members (excludes halogenated alkanes) is 18. The summed E-state index contributed by atoms with van der Waals surface area (Å²) in [5.74, 6) is 0.962. The molecule has 0 saturated heterocycles. The molecule has 0 aromatic rings. The minimum Gasteiger partial charge on any atom is -0.465 e. The predicted molar refractivity (Wildman–Crippen MR) is 215 cm³/mol. The number of ether oxygens (including phenoxy) is 3. The number of halogens is 1. The molecule has 0 aromatic carbocycles. The van der Waals surface area contributed by atoms with Crippen molar-refractivity contribution in [1.29, 1.82) is 0 Å². The molecule has 51 heavy (non-hydrogen) atoms. The molecule has 0 aliphatic rings. The van der Waals surface area contributed by atoms with Crippen LogP contribution in [0.25, 0.3) is 0 Å². The van der Waals surface area contributed by atoms with Gasteiger partial charge < -0.3 is 14.2 Å². The molecule has 0 aliphatic heterocycles. The molecule has 0 aliphatic carbocycles. The summed E-state index contributed by atoms with van der Waals surface area (Å²) in [7, 11) is 0. The Kier molecular flexibility index (Phi) is 37.4. The fourth-order valence-corrected chi connectivity index (χ4v) is 7.11. The molecular weight excluding hydrogens is 660 g/mol. The Morgan fingerprint density at radius 2 is 0.725 bits per heavy atom. The third kappa shape index (κ3) is 35.5. The third-order valence-corrected chi connectivity index (χ3v) is 10.5. The van der Waals surface area contributed by atoms with Crippen LogP contribution in [0.2, 0.25) is 0 Å². The Morgan fingerprint density at radius 3 is 1.10 bits per heavy atom. The summed E-state index contributed by atoms with van der Waals surface area (Å²) in [6, 6.07) is 0. The maximum atomic E-state index is 12.3. The summed E-state index contributed by atoms with van der Waals surface area (Å²) < 4.78 is 16.7. The summed E-state index contributed by atoms with van der Waals surface area (Å²) in [5.41, 5.74) is -0.708. The number of carbonyl (C=O) groups excluding carboxylic acids is 3. The molecule has 6 nitrogen and oxygen atoms in total. The van der Waals surface area contributed by atoms with Crippen molar-refractivity contribution >= 4 is 29.0 Å². The van der Waals surface area contributed by atoms with Crippen LogP contribution in [0.4, 0.5) is 4.79 Å². The van der Waals surface area contributed by atoms with Gasteiger partial charge in [0, 0.05) is 24.4 Å². The van der Waals surface area contributed by atoms with E-state index in [9.17, 15) is 14.4 Å². The quantitative estimate of drug-likeness (QED) is 0.0270. The molecule has 0 bridgehead atoms. The van der Waals surface area contributed by atoms with E-state index < -0.39 is 5.43 Å². The SMILES string of the molecule is CCCCCCC(CCCC)COC(=O)CCCCCCCCC(CCCCCCCCC(=O)OCC(CCCC)CCCCCC)OC(=O)Cl. The Morgan fingerprint density at radius 1 is 0.412 bits per heavy atom. The molecule has 0 amide bonds. The maximum absolute atomic E-state index is 12.3. The summed E-state index contributed by atoms with van der Waals surface area (Å²) >= 11 is 5.57. The fourth-order valence-electron chi connectivity index (χ4n) is 6.98. The van der Waals surface area contributed by atoms with Gasteiger partial charge in [0.1, 0.15) is 6.10 Å². The van der Waals surface area contributed by atoms with E-state index in [1.165, 1.54) is 103 Å². The number of hydrogen-bond acceptors (Lipinski definition) is 6. The first kappa shape index (κ1) is 49.7. The van der Waals surface area contributed by atoms with Crippen molar-refractivity contribution in [1.82, 2.24) is 0 Å². The van der Waals surface area contributed by atoms with Crippen LogP contribution in [-0.2, 0) is 23.8 Å². The van der Waals surface area contributed by atoms with Crippen molar-refractivity contribution < 1.29 is 28.6 Å². The summed E-state index contributed by atoms with van der Waals surface area (Å²) in [5, 5.41) is 0. The zero-order valence-corrected chi connectivity index (χ0v) is 34.9. The Hall–Kier alpha value is -1.30. The van der Waals surface area contributed by atoms with E-state index in [1.54, 1.807) is 0 Å². The van der Waals surface area contributed by atoms with Gasteiger partial charge in [-0.25, -0.2) is 4.79 Å². The molecule has 302 valence electrons. The third-order valence-electron chi connectivity index (χ3n) is 10.4. The van der Waals surface area contributed by atoms with Gasteiger partial charge in [-0.1, -0.05) is 156 Å². The van der Waals surface area contributed by atoms with Crippen LogP contribution in [0.3, 0.4) is 0 Å². The highest BCUT2D eigenvalue weighted by Gasteiger charge is 2.15. The van der Waals surface area contributed by atoms with Crippen LogP contribution < -0.4 is 0 Å². The molecule has 0 spiro atoms. The fraction of sp³-hybridized carbons (Fsp3) is 0.932. The normalized spacial score (nSPS) is 13.1. The molecule has 0 N–H and O–H groups in total. The largest absolute Gasteiger partial charge is 0.465 e. The second kappa shape index (κ2) is 38.4. The van der Waals surface area contributed by atoms with E-state index >= 15 is 0 Å². The first-order chi connectivity index (χ1) is 24.9. The highest BCUT2D eigenvalue weighted by atomic mass is 35.5. The average Bonchev–Trinajstić information content (AvgIpc) is 3.11. The summed E-state index contributed by atoms with van der Waals surface area (Å²) in [4.78, 5) is 36.1. The van der Waals surface area contributed by atoms with Crippen molar-refractivity contribution in [3.63, 3.8) is 0 Å². The van der Waals surface area contributed by atoms with Gasteiger partial charge in [-0.3, -0.25) is 9.59 Å². The lowest BCUT2D eigenvalue weighted by molar-refractivity contribution is -0.146. The van der Waals surface area contributed by atoms with Gasteiger partial charge in [-0.2, -0.15) is 0 Å². The van der Waals surface area contributed by atoms with E-state index in [4.69, 9.17) is 25.8 Å². The molecule has 0 saturated carbocycles. The minimum atomic E-state index is -0.708. The topological polar surface area (TPSA) is 78.9 Å². The van der Waals surface area contributed by atoms with Gasteiger partial charge >= 0.3 is 17.4 Å². The smallest absolute Gasteiger partial charge is 0.404 e. The lowest BCUT2D eigenvalue weighted by Gasteiger charge is -2.17. The molecule has 0 heterocycles. The van der Waals surface area contributed by atoms with Crippen LogP contribution in [-0.4, -0.2) is 36.7 Å². The van der Waals surface area contributed by atoms with Gasteiger partial charge in [0.15, 0.2) is 0 Å². The van der Waals surface area contributed by atoms with Crippen molar-refractivity contribution in [2.24, 2.45) is 11.8 Å². The Bertz CT molecular complexity index is 734. The van der Waals surface area contributed by atoms with E-state index in [0.717, 1.165) is 89.9 Å². The molecule has 7 heteroatoms. The maximum Gasteiger partial charge on any atom is 0.404 e. The highest BCUT2D eigenvalue weighted by molar-refractivity contribution is 6.61. The Labute approximate surface area is 321 Å². The van der Waals surface area contributed by atoms with Crippen LogP contribution >= 0.6 is 11.6 Å². The second-order valence-corrected chi connectivity index (χ2v) is 15.7. The van der Waals surface area contributed by atoms with Crippen molar-refractivity contribution in [3.8, 4) is 0 Å². The van der Waals surface area contributed by atoms with Gasteiger partial charge in [0.25, 0.3) is 0 Å². The number of esters is 2. The molecule has 0 fully saturated rings. The molecule has 2 unspecified atom stereocenters. The first-order valence-corrected chi connectivity index (χ1v) is 22.4. The lowest BCUT2D eigenvalue weighted by Crippen LogP contribution is -2.14. The van der Waals surface area contributed by atoms with Crippen LogP contribution in [0.5, 0.6) is 0 Å². The predicted octanol–water partition coefficient (Wildman–Crippen LogP) is 14.6. The highest BCUT2D eigenvalue weighted by Crippen LogP contribution is 2.21. The van der Waals surface area contributed by atoms with Gasteiger partial charge in [-0.15, -0.1) is 0 Å². The average molecular weight is 744 g/mol. The monoisotopic (exact) mass is 743 g/mol. The molecule has 2 atom stereocenters. The van der Waals surface area contributed by atoms with E-state index in [2.05, 4.69) is 27.7 Å². The minimum absolute atomic E-state index is 0.0367. The van der Waals surface area contributed by atoms with Crippen molar-refractivity contribution in [3.05, 3.63) is 0 Å². The van der Waals surface area contributed by atoms with Crippen LogP contribution in [0.15, 0.2) is 0 Å². The number of rotatable bonds is 39. The molecular formula is C44H83ClO6. The summed E-state index contributed by atoms with van der Waals surface area (Å²) in [6.07, 6.45) is 34.9. The van der Waals surface area contributed by atoms with Crippen molar-refractivity contribution in [2.45, 2.75) is 239 Å². The van der Waals surface area contributed by atoms with Gasteiger partial charge in [-0.05, 0) is 76.0 Å².